The summed E-state index contributed by atoms with van der Waals surface area (Å²) in [6.45, 7) is 5.56. The van der Waals surface area contributed by atoms with E-state index < -0.39 is 10.0 Å². The van der Waals surface area contributed by atoms with Gasteiger partial charge in [0.1, 0.15) is 4.21 Å². The predicted molar refractivity (Wildman–Crippen MR) is 78.8 cm³/mol. The number of hydrogen-bond donors (Lipinski definition) is 1. The van der Waals surface area contributed by atoms with Gasteiger partial charge in [-0.1, -0.05) is 6.92 Å². The minimum atomic E-state index is -3.31. The first-order chi connectivity index (χ1) is 8.95. The zero-order valence-electron chi connectivity index (χ0n) is 11.7. The van der Waals surface area contributed by atoms with Crippen LogP contribution in [0.2, 0.25) is 0 Å². The summed E-state index contributed by atoms with van der Waals surface area (Å²) in [5.41, 5.74) is 0. The maximum absolute atomic E-state index is 12.6. The molecule has 0 radical (unpaired) electrons. The van der Waals surface area contributed by atoms with E-state index in [1.54, 1.807) is 10.4 Å². The molecule has 2 rings (SSSR count). The SMILES string of the molecule is CNCc1ccc(S(=O)(=O)N2CCC(C)CC2C)s1. The van der Waals surface area contributed by atoms with Crippen LogP contribution in [0.25, 0.3) is 0 Å². The zero-order valence-corrected chi connectivity index (χ0v) is 13.4. The van der Waals surface area contributed by atoms with Crippen LogP contribution in [-0.2, 0) is 16.6 Å². The van der Waals surface area contributed by atoms with Gasteiger partial charge in [-0.3, -0.25) is 0 Å². The van der Waals surface area contributed by atoms with Gasteiger partial charge in [-0.2, -0.15) is 4.31 Å². The third-order valence-electron chi connectivity index (χ3n) is 3.63. The van der Waals surface area contributed by atoms with Crippen LogP contribution in [-0.4, -0.2) is 32.4 Å². The van der Waals surface area contributed by atoms with Gasteiger partial charge in [0.15, 0.2) is 0 Å². The van der Waals surface area contributed by atoms with Gasteiger partial charge in [0.25, 0.3) is 10.0 Å². The molecule has 6 heteroatoms. The monoisotopic (exact) mass is 302 g/mol. The Hall–Kier alpha value is -0.430. The maximum atomic E-state index is 12.6. The fourth-order valence-corrected chi connectivity index (χ4v) is 5.78. The Labute approximate surface area is 119 Å². The molecule has 1 saturated heterocycles. The van der Waals surface area contributed by atoms with Crippen molar-refractivity contribution in [2.75, 3.05) is 13.6 Å². The Kier molecular flexibility index (Phi) is 4.66. The van der Waals surface area contributed by atoms with Crippen molar-refractivity contribution in [3.8, 4) is 0 Å². The van der Waals surface area contributed by atoms with Crippen molar-refractivity contribution < 1.29 is 8.42 Å². The summed E-state index contributed by atoms with van der Waals surface area (Å²) in [5, 5.41) is 3.04. The van der Waals surface area contributed by atoms with Crippen LogP contribution < -0.4 is 5.32 Å². The van der Waals surface area contributed by atoms with Crippen molar-refractivity contribution in [2.24, 2.45) is 5.92 Å². The van der Waals surface area contributed by atoms with Crippen molar-refractivity contribution in [1.29, 1.82) is 0 Å². The average Bonchev–Trinajstić information content (AvgIpc) is 2.78. The number of rotatable bonds is 4. The van der Waals surface area contributed by atoms with Gasteiger partial charge in [-0.15, -0.1) is 11.3 Å². The van der Waals surface area contributed by atoms with E-state index in [2.05, 4.69) is 12.2 Å². The van der Waals surface area contributed by atoms with Gasteiger partial charge in [-0.25, -0.2) is 8.42 Å². The van der Waals surface area contributed by atoms with Crippen LogP contribution in [0.3, 0.4) is 0 Å². The molecule has 1 aliphatic heterocycles. The largest absolute Gasteiger partial charge is 0.315 e. The normalized spacial score (nSPS) is 25.6. The van der Waals surface area contributed by atoms with E-state index >= 15 is 0 Å². The molecule has 1 aliphatic rings. The van der Waals surface area contributed by atoms with Crippen LogP contribution in [0.5, 0.6) is 0 Å². The summed E-state index contributed by atoms with van der Waals surface area (Å²) in [6.07, 6.45) is 1.91. The van der Waals surface area contributed by atoms with Gasteiger partial charge >= 0.3 is 0 Å². The lowest BCUT2D eigenvalue weighted by molar-refractivity contribution is 0.220. The summed E-state index contributed by atoms with van der Waals surface area (Å²) in [7, 11) is -1.44. The molecule has 2 heterocycles. The highest BCUT2D eigenvalue weighted by Gasteiger charge is 2.33. The van der Waals surface area contributed by atoms with Crippen molar-refractivity contribution in [3.05, 3.63) is 17.0 Å². The first-order valence-corrected chi connectivity index (χ1v) is 8.96. The number of hydrogen-bond acceptors (Lipinski definition) is 4. The predicted octanol–water partition coefficient (Wildman–Crippen LogP) is 2.28. The molecule has 0 saturated carbocycles. The Morgan fingerprint density at radius 2 is 2.16 bits per heavy atom. The summed E-state index contributed by atoms with van der Waals surface area (Å²) in [4.78, 5) is 1.05. The summed E-state index contributed by atoms with van der Waals surface area (Å²) < 4.78 is 27.4. The Balaban J connectivity index is 2.21. The van der Waals surface area contributed by atoms with E-state index in [0.717, 1.165) is 17.7 Å². The van der Waals surface area contributed by atoms with Crippen LogP contribution >= 0.6 is 11.3 Å². The molecule has 108 valence electrons. The third-order valence-corrected chi connectivity index (χ3v) is 7.19. The van der Waals surface area contributed by atoms with Gasteiger partial charge in [-0.05, 0) is 44.9 Å². The van der Waals surface area contributed by atoms with Gasteiger partial charge in [0, 0.05) is 24.0 Å². The molecule has 0 bridgehead atoms. The van der Waals surface area contributed by atoms with Gasteiger partial charge in [0.2, 0.25) is 0 Å². The molecule has 4 nitrogen and oxygen atoms in total. The smallest absolute Gasteiger partial charge is 0.252 e. The lowest BCUT2D eigenvalue weighted by Crippen LogP contribution is -2.43. The molecule has 0 aromatic carbocycles. The second kappa shape index (κ2) is 5.91. The highest BCUT2D eigenvalue weighted by atomic mass is 32.2. The van der Waals surface area contributed by atoms with E-state index in [1.807, 2.05) is 20.0 Å². The molecule has 1 aromatic rings. The first kappa shape index (κ1) is 15.0. The van der Waals surface area contributed by atoms with Gasteiger partial charge < -0.3 is 5.32 Å². The molecule has 19 heavy (non-hydrogen) atoms. The molecular weight excluding hydrogens is 280 g/mol. The van der Waals surface area contributed by atoms with Crippen LogP contribution in [0, 0.1) is 5.92 Å². The maximum Gasteiger partial charge on any atom is 0.252 e. The van der Waals surface area contributed by atoms with E-state index in [1.165, 1.54) is 11.3 Å². The van der Waals surface area contributed by atoms with Gasteiger partial charge in [0.05, 0.1) is 0 Å². The minimum Gasteiger partial charge on any atom is -0.315 e. The van der Waals surface area contributed by atoms with Crippen LogP contribution in [0.1, 0.15) is 31.6 Å². The topological polar surface area (TPSA) is 49.4 Å². The third kappa shape index (κ3) is 3.18. The summed E-state index contributed by atoms with van der Waals surface area (Å²) in [6, 6.07) is 3.73. The van der Waals surface area contributed by atoms with Crippen molar-refractivity contribution in [1.82, 2.24) is 9.62 Å². The first-order valence-electron chi connectivity index (χ1n) is 6.70. The molecule has 0 aliphatic carbocycles. The molecule has 2 atom stereocenters. The fourth-order valence-electron chi connectivity index (χ4n) is 2.62. The Morgan fingerprint density at radius 3 is 2.79 bits per heavy atom. The van der Waals surface area contributed by atoms with Crippen molar-refractivity contribution in [2.45, 2.75) is 43.5 Å². The number of thiophene rings is 1. The lowest BCUT2D eigenvalue weighted by Gasteiger charge is -2.35. The molecular formula is C13H22N2O2S2. The number of nitrogens with zero attached hydrogens (tertiary/aromatic N) is 1. The molecule has 1 aromatic heterocycles. The number of sulfonamides is 1. The summed E-state index contributed by atoms with van der Waals surface area (Å²) >= 11 is 1.37. The highest BCUT2D eigenvalue weighted by Crippen LogP contribution is 2.31. The van der Waals surface area contributed by atoms with Crippen LogP contribution in [0.15, 0.2) is 16.3 Å². The van der Waals surface area contributed by atoms with Crippen LogP contribution in [0.4, 0.5) is 0 Å². The number of piperidine rings is 1. The molecule has 1 fully saturated rings. The molecule has 0 amide bonds. The minimum absolute atomic E-state index is 0.101. The molecule has 1 N–H and O–H groups in total. The average molecular weight is 302 g/mol. The number of nitrogens with one attached hydrogen (secondary N) is 1. The second-order valence-corrected chi connectivity index (χ2v) is 8.63. The van der Waals surface area contributed by atoms with E-state index in [9.17, 15) is 8.42 Å². The van der Waals surface area contributed by atoms with Crippen molar-refractivity contribution in [3.63, 3.8) is 0 Å². The zero-order chi connectivity index (χ0) is 14.0. The molecule has 0 spiro atoms. The van der Waals surface area contributed by atoms with E-state index in [0.29, 0.717) is 23.2 Å². The quantitative estimate of drug-likeness (QED) is 0.928. The Bertz CT molecular complexity index is 525. The Morgan fingerprint density at radius 1 is 1.42 bits per heavy atom. The van der Waals surface area contributed by atoms with E-state index in [-0.39, 0.29) is 6.04 Å². The standard InChI is InChI=1S/C13H22N2O2S2/c1-10-6-7-15(11(2)8-10)19(16,17)13-5-4-12(18-13)9-14-3/h4-5,10-11,14H,6-9H2,1-3H3. The summed E-state index contributed by atoms with van der Waals surface area (Å²) in [5.74, 6) is 0.615. The molecule has 2 unspecified atom stereocenters. The second-order valence-electron chi connectivity index (χ2n) is 5.35. The van der Waals surface area contributed by atoms with Crippen molar-refractivity contribution >= 4 is 21.4 Å². The highest BCUT2D eigenvalue weighted by molar-refractivity contribution is 7.91. The van der Waals surface area contributed by atoms with E-state index in [4.69, 9.17) is 0 Å². The lowest BCUT2D eigenvalue weighted by atomic mass is 9.95. The fraction of sp³-hybridized carbons (Fsp3) is 0.692.